The predicted molar refractivity (Wildman–Crippen MR) is 109 cm³/mol. The third-order valence-corrected chi connectivity index (χ3v) is 4.68. The van der Waals surface area contributed by atoms with Crippen LogP contribution in [0.2, 0.25) is 0 Å². The summed E-state index contributed by atoms with van der Waals surface area (Å²) in [5, 5.41) is 2.64. The van der Waals surface area contributed by atoms with Gasteiger partial charge in [-0.3, -0.25) is 15.1 Å². The van der Waals surface area contributed by atoms with Crippen LogP contribution in [0.1, 0.15) is 39.0 Å². The number of aliphatic imine (C=N–C) groups is 1. The van der Waals surface area contributed by atoms with Gasteiger partial charge in [0.1, 0.15) is 0 Å². The summed E-state index contributed by atoms with van der Waals surface area (Å²) in [5.41, 5.74) is 12.3. The van der Waals surface area contributed by atoms with E-state index in [0.717, 1.165) is 18.4 Å². The first-order chi connectivity index (χ1) is 13.1. The van der Waals surface area contributed by atoms with Crippen molar-refractivity contribution in [3.05, 3.63) is 76.4 Å². The fourth-order valence-corrected chi connectivity index (χ4v) is 3.28. The summed E-state index contributed by atoms with van der Waals surface area (Å²) in [6, 6.07) is 14.2. The summed E-state index contributed by atoms with van der Waals surface area (Å²) in [6.07, 6.45) is 4.24. The molecule has 1 aliphatic rings. The molecule has 0 aliphatic heterocycles. The molecule has 2 aromatic carbocycles. The number of guanidine groups is 1. The SMILES string of the molecule is COCCN=C(N)NC(=O)c1ccc2c(c1)C(c1ccccc1C)=CCC2. The molecule has 0 fully saturated rings. The van der Waals surface area contributed by atoms with Crippen molar-refractivity contribution in [2.45, 2.75) is 19.8 Å². The number of nitrogens with zero attached hydrogens (tertiary/aromatic N) is 1. The molecule has 1 amide bonds. The maximum absolute atomic E-state index is 12.6. The van der Waals surface area contributed by atoms with E-state index in [1.54, 1.807) is 7.11 Å². The number of fused-ring (bicyclic) bond motifs is 1. The highest BCUT2D eigenvalue weighted by atomic mass is 16.5. The second-order valence-electron chi connectivity index (χ2n) is 6.56. The van der Waals surface area contributed by atoms with Gasteiger partial charge in [0, 0.05) is 12.7 Å². The largest absolute Gasteiger partial charge is 0.383 e. The average molecular weight is 363 g/mol. The molecule has 0 saturated carbocycles. The molecule has 0 atom stereocenters. The van der Waals surface area contributed by atoms with Crippen molar-refractivity contribution in [1.82, 2.24) is 5.32 Å². The van der Waals surface area contributed by atoms with Crippen LogP contribution in [0.5, 0.6) is 0 Å². The van der Waals surface area contributed by atoms with Gasteiger partial charge < -0.3 is 10.5 Å². The number of carbonyl (C=O) groups excluding carboxylic acids is 1. The van der Waals surface area contributed by atoms with Crippen molar-refractivity contribution in [2.24, 2.45) is 10.7 Å². The zero-order valence-electron chi connectivity index (χ0n) is 15.8. The van der Waals surface area contributed by atoms with E-state index < -0.39 is 0 Å². The van der Waals surface area contributed by atoms with Crippen molar-refractivity contribution in [3.63, 3.8) is 0 Å². The molecule has 3 N–H and O–H groups in total. The van der Waals surface area contributed by atoms with Gasteiger partial charge in [-0.15, -0.1) is 0 Å². The number of carbonyl (C=O) groups is 1. The maximum Gasteiger partial charge on any atom is 0.257 e. The second kappa shape index (κ2) is 8.64. The van der Waals surface area contributed by atoms with Crippen molar-refractivity contribution in [3.8, 4) is 0 Å². The number of aryl methyl sites for hydroxylation is 2. The van der Waals surface area contributed by atoms with Crippen LogP contribution in [0.4, 0.5) is 0 Å². The van der Waals surface area contributed by atoms with Crippen LogP contribution < -0.4 is 11.1 Å². The lowest BCUT2D eigenvalue weighted by Gasteiger charge is -2.20. The molecular formula is C22H25N3O2. The number of benzene rings is 2. The molecule has 0 spiro atoms. The Balaban J connectivity index is 1.87. The van der Waals surface area contributed by atoms with Gasteiger partial charge in [0.15, 0.2) is 5.96 Å². The van der Waals surface area contributed by atoms with E-state index in [9.17, 15) is 4.79 Å². The van der Waals surface area contributed by atoms with Crippen LogP contribution in [0.15, 0.2) is 53.5 Å². The first-order valence-electron chi connectivity index (χ1n) is 9.10. The highest BCUT2D eigenvalue weighted by Crippen LogP contribution is 2.33. The minimum absolute atomic E-state index is 0.101. The Bertz CT molecular complexity index is 900. The normalized spacial score (nSPS) is 13.7. The Hall–Kier alpha value is -2.92. The Morgan fingerprint density at radius 3 is 2.81 bits per heavy atom. The van der Waals surface area contributed by atoms with Crippen LogP contribution in [0.3, 0.4) is 0 Å². The third-order valence-electron chi connectivity index (χ3n) is 4.68. The van der Waals surface area contributed by atoms with Gasteiger partial charge in [0.05, 0.1) is 13.2 Å². The lowest BCUT2D eigenvalue weighted by Crippen LogP contribution is -2.37. The topological polar surface area (TPSA) is 76.7 Å². The number of nitrogens with two attached hydrogens (primary N) is 1. The molecule has 140 valence electrons. The lowest BCUT2D eigenvalue weighted by atomic mass is 9.84. The first-order valence-corrected chi connectivity index (χ1v) is 9.10. The van der Waals surface area contributed by atoms with Crippen molar-refractivity contribution >= 4 is 17.4 Å². The molecule has 0 radical (unpaired) electrons. The number of amides is 1. The maximum atomic E-state index is 12.6. The van der Waals surface area contributed by atoms with E-state index in [0.29, 0.717) is 18.7 Å². The summed E-state index contributed by atoms with van der Waals surface area (Å²) < 4.78 is 4.93. The minimum Gasteiger partial charge on any atom is -0.383 e. The molecule has 2 aromatic rings. The Kier molecular flexibility index (Phi) is 6.04. The van der Waals surface area contributed by atoms with Crippen LogP contribution in [-0.2, 0) is 11.2 Å². The van der Waals surface area contributed by atoms with Gasteiger partial charge in [0.25, 0.3) is 5.91 Å². The number of hydrogen-bond acceptors (Lipinski definition) is 3. The highest BCUT2D eigenvalue weighted by molar-refractivity contribution is 6.06. The van der Waals surface area contributed by atoms with E-state index in [2.05, 4.69) is 35.4 Å². The van der Waals surface area contributed by atoms with Crippen LogP contribution in [0, 0.1) is 6.92 Å². The van der Waals surface area contributed by atoms with Crippen LogP contribution >= 0.6 is 0 Å². The summed E-state index contributed by atoms with van der Waals surface area (Å²) in [4.78, 5) is 16.6. The van der Waals surface area contributed by atoms with Gasteiger partial charge in [-0.2, -0.15) is 0 Å². The quantitative estimate of drug-likeness (QED) is 0.487. The fraction of sp³-hybridized carbons (Fsp3) is 0.273. The molecule has 0 aromatic heterocycles. The number of rotatable bonds is 5. The summed E-state index contributed by atoms with van der Waals surface area (Å²) in [6.45, 7) is 2.98. The molecule has 3 rings (SSSR count). The van der Waals surface area contributed by atoms with Gasteiger partial charge >= 0.3 is 0 Å². The monoisotopic (exact) mass is 363 g/mol. The molecule has 5 nitrogen and oxygen atoms in total. The molecule has 0 heterocycles. The van der Waals surface area contributed by atoms with E-state index in [1.807, 2.05) is 30.3 Å². The molecule has 27 heavy (non-hydrogen) atoms. The summed E-state index contributed by atoms with van der Waals surface area (Å²) >= 11 is 0. The standard InChI is InChI=1S/C22H25N3O2/c1-15-6-3-4-8-18(15)19-9-5-7-16-10-11-17(14-20(16)19)21(26)25-22(23)24-12-13-27-2/h3-4,6,8-11,14H,5,7,12-13H2,1-2H3,(H3,23,24,25,26). The number of allylic oxidation sites excluding steroid dienone is 1. The predicted octanol–water partition coefficient (Wildman–Crippen LogP) is 3.06. The Morgan fingerprint density at radius 2 is 2.04 bits per heavy atom. The van der Waals surface area contributed by atoms with E-state index in [-0.39, 0.29) is 11.9 Å². The molecule has 1 aliphatic carbocycles. The van der Waals surface area contributed by atoms with Crippen molar-refractivity contribution < 1.29 is 9.53 Å². The smallest absolute Gasteiger partial charge is 0.257 e. The number of methoxy groups -OCH3 is 1. The van der Waals surface area contributed by atoms with Gasteiger partial charge in [0.2, 0.25) is 0 Å². The number of hydrogen-bond donors (Lipinski definition) is 2. The van der Waals surface area contributed by atoms with Gasteiger partial charge in [-0.25, -0.2) is 0 Å². The third kappa shape index (κ3) is 4.44. The molecule has 0 unspecified atom stereocenters. The van der Waals surface area contributed by atoms with Crippen molar-refractivity contribution in [1.29, 1.82) is 0 Å². The average Bonchev–Trinajstić information content (AvgIpc) is 2.68. The van der Waals surface area contributed by atoms with Crippen molar-refractivity contribution in [2.75, 3.05) is 20.3 Å². The van der Waals surface area contributed by atoms with Gasteiger partial charge in [-0.05, 0) is 59.7 Å². The van der Waals surface area contributed by atoms with E-state index in [1.165, 1.54) is 22.3 Å². The molecule has 0 bridgehead atoms. The zero-order chi connectivity index (χ0) is 19.2. The number of nitrogens with one attached hydrogen (secondary N) is 1. The fourth-order valence-electron chi connectivity index (χ4n) is 3.28. The Labute approximate surface area is 160 Å². The number of ether oxygens (including phenoxy) is 1. The van der Waals surface area contributed by atoms with Crippen LogP contribution in [0.25, 0.3) is 5.57 Å². The molecule has 5 heteroatoms. The lowest BCUT2D eigenvalue weighted by molar-refractivity contribution is 0.0976. The van der Waals surface area contributed by atoms with E-state index >= 15 is 0 Å². The summed E-state index contributed by atoms with van der Waals surface area (Å²) in [7, 11) is 1.59. The van der Waals surface area contributed by atoms with E-state index in [4.69, 9.17) is 10.5 Å². The summed E-state index contributed by atoms with van der Waals surface area (Å²) in [5.74, 6) is -0.157. The minimum atomic E-state index is -0.258. The van der Waals surface area contributed by atoms with Gasteiger partial charge in [-0.1, -0.05) is 36.4 Å². The molecular weight excluding hydrogens is 338 g/mol. The zero-order valence-corrected chi connectivity index (χ0v) is 15.8. The first kappa shape index (κ1) is 18.9. The van der Waals surface area contributed by atoms with Crippen LogP contribution in [-0.4, -0.2) is 32.1 Å². The highest BCUT2D eigenvalue weighted by Gasteiger charge is 2.18. The molecule has 0 saturated heterocycles. The second-order valence-corrected chi connectivity index (χ2v) is 6.56. The Morgan fingerprint density at radius 1 is 1.22 bits per heavy atom.